The molecule has 0 aromatic heterocycles. The van der Waals surface area contributed by atoms with E-state index in [1.165, 1.54) is 13.2 Å². The molecule has 0 saturated carbocycles. The number of methoxy groups -OCH3 is 1. The largest absolute Gasteiger partial charge is 0.480 e. The lowest BCUT2D eigenvalue weighted by Crippen LogP contribution is -2.30. The number of anilines is 1. The maximum absolute atomic E-state index is 12.6. The Labute approximate surface area is 183 Å². The fraction of sp³-hybridized carbons (Fsp3) is 0.182. The lowest BCUT2D eigenvalue weighted by Gasteiger charge is -2.18. The number of hydrogen-bond acceptors (Lipinski definition) is 5. The molecule has 156 valence electrons. The van der Waals surface area contributed by atoms with Gasteiger partial charge in [0.05, 0.1) is 24.3 Å². The molecule has 3 rings (SSSR count). The van der Waals surface area contributed by atoms with Gasteiger partial charge in [0.15, 0.2) is 6.10 Å². The lowest BCUT2D eigenvalue weighted by molar-refractivity contribution is -0.122. The van der Waals surface area contributed by atoms with Gasteiger partial charge in [-0.2, -0.15) is 0 Å². The first-order chi connectivity index (χ1) is 14.3. The van der Waals surface area contributed by atoms with E-state index in [2.05, 4.69) is 5.32 Å². The van der Waals surface area contributed by atoms with Gasteiger partial charge in [-0.25, -0.2) is 4.79 Å². The highest BCUT2D eigenvalue weighted by atomic mass is 35.5. The summed E-state index contributed by atoms with van der Waals surface area (Å²) in [4.78, 5) is 24.6. The highest BCUT2D eigenvalue weighted by molar-refractivity contribution is 6.39. The Morgan fingerprint density at radius 1 is 1.10 bits per heavy atom. The molecule has 0 aliphatic carbocycles. The molecule has 0 spiro atoms. The summed E-state index contributed by atoms with van der Waals surface area (Å²) in [7, 11) is 1.27. The van der Waals surface area contributed by atoms with Crippen LogP contribution in [0.15, 0.2) is 48.5 Å². The predicted molar refractivity (Wildman–Crippen MR) is 116 cm³/mol. The van der Waals surface area contributed by atoms with Gasteiger partial charge in [0.25, 0.3) is 5.91 Å². The molecule has 1 unspecified atom stereocenters. The van der Waals surface area contributed by atoms with Gasteiger partial charge in [0.1, 0.15) is 5.75 Å². The first kappa shape index (κ1) is 21.9. The number of aliphatic hydroxyl groups is 1. The minimum absolute atomic E-state index is 0.0812. The second kappa shape index (κ2) is 9.34. The number of rotatable bonds is 6. The van der Waals surface area contributed by atoms with Crippen molar-refractivity contribution in [3.63, 3.8) is 0 Å². The van der Waals surface area contributed by atoms with Crippen molar-refractivity contribution in [2.75, 3.05) is 12.4 Å². The zero-order valence-corrected chi connectivity index (χ0v) is 17.8. The number of halogens is 2. The third-order valence-corrected chi connectivity index (χ3v) is 4.94. The molecule has 0 aliphatic heterocycles. The van der Waals surface area contributed by atoms with Crippen molar-refractivity contribution in [1.29, 1.82) is 0 Å². The van der Waals surface area contributed by atoms with E-state index in [4.69, 9.17) is 37.8 Å². The van der Waals surface area contributed by atoms with E-state index in [0.29, 0.717) is 26.5 Å². The Hall–Kier alpha value is -2.80. The number of esters is 1. The molecular formula is C22H19Cl2NO5. The number of aliphatic hydroxyl groups excluding tert-OH is 1. The molecule has 0 aliphatic rings. The number of carbonyl (C=O) groups is 2. The summed E-state index contributed by atoms with van der Waals surface area (Å²) in [6, 6.07) is 13.1. The van der Waals surface area contributed by atoms with Crippen LogP contribution in [0.25, 0.3) is 10.8 Å². The molecule has 3 aromatic carbocycles. The standard InChI is InChI=1S/C22H19Cl2NO5/c1-12(21(27)25-17-5-3-13(11-26)4-6-17)30-19-9-15(22(28)29-2)7-14-8-16(23)10-18(24)20(14)19/h3-10,12,26H,11H2,1-2H3,(H,25,27). The van der Waals surface area contributed by atoms with Gasteiger partial charge < -0.3 is 19.9 Å². The summed E-state index contributed by atoms with van der Waals surface area (Å²) >= 11 is 12.4. The summed E-state index contributed by atoms with van der Waals surface area (Å²) < 4.78 is 10.7. The van der Waals surface area contributed by atoms with Gasteiger partial charge >= 0.3 is 5.97 Å². The van der Waals surface area contributed by atoms with Crippen molar-refractivity contribution in [2.24, 2.45) is 0 Å². The molecule has 0 heterocycles. The average molecular weight is 448 g/mol. The average Bonchev–Trinajstić information content (AvgIpc) is 2.72. The van der Waals surface area contributed by atoms with E-state index >= 15 is 0 Å². The van der Waals surface area contributed by atoms with Gasteiger partial charge in [-0.05, 0) is 54.3 Å². The molecule has 1 amide bonds. The van der Waals surface area contributed by atoms with Gasteiger partial charge in [0.2, 0.25) is 0 Å². The fourth-order valence-corrected chi connectivity index (χ4v) is 3.50. The molecule has 1 atom stereocenters. The fourth-order valence-electron chi connectivity index (χ4n) is 2.90. The SMILES string of the molecule is COC(=O)c1cc(OC(C)C(=O)Nc2ccc(CO)cc2)c2c(Cl)cc(Cl)cc2c1. The Bertz CT molecular complexity index is 1100. The number of fused-ring (bicyclic) bond motifs is 1. The zero-order chi connectivity index (χ0) is 21.8. The van der Waals surface area contributed by atoms with Crippen LogP contribution in [0.5, 0.6) is 5.75 Å². The summed E-state index contributed by atoms with van der Waals surface area (Å²) in [6.45, 7) is 1.50. The molecule has 0 radical (unpaired) electrons. The molecular weight excluding hydrogens is 429 g/mol. The molecule has 30 heavy (non-hydrogen) atoms. The molecule has 0 saturated heterocycles. The van der Waals surface area contributed by atoms with Crippen molar-refractivity contribution >= 4 is 51.5 Å². The smallest absolute Gasteiger partial charge is 0.338 e. The van der Waals surface area contributed by atoms with Crippen LogP contribution in [-0.2, 0) is 16.1 Å². The van der Waals surface area contributed by atoms with Crippen LogP contribution >= 0.6 is 23.2 Å². The Kier molecular flexibility index (Phi) is 6.82. The number of nitrogens with one attached hydrogen (secondary N) is 1. The van der Waals surface area contributed by atoms with Crippen molar-refractivity contribution in [1.82, 2.24) is 0 Å². The molecule has 3 aromatic rings. The van der Waals surface area contributed by atoms with E-state index in [1.54, 1.807) is 49.4 Å². The Balaban J connectivity index is 1.90. The first-order valence-corrected chi connectivity index (χ1v) is 9.76. The number of amides is 1. The molecule has 2 N–H and O–H groups in total. The monoisotopic (exact) mass is 447 g/mol. The van der Waals surface area contributed by atoms with Crippen LogP contribution < -0.4 is 10.1 Å². The van der Waals surface area contributed by atoms with Gasteiger partial charge in [-0.3, -0.25) is 4.79 Å². The van der Waals surface area contributed by atoms with Crippen LogP contribution in [0.1, 0.15) is 22.8 Å². The lowest BCUT2D eigenvalue weighted by atomic mass is 10.1. The minimum Gasteiger partial charge on any atom is -0.480 e. The van der Waals surface area contributed by atoms with Crippen molar-refractivity contribution in [3.8, 4) is 5.75 Å². The Morgan fingerprint density at radius 2 is 1.80 bits per heavy atom. The van der Waals surface area contributed by atoms with Crippen LogP contribution in [0.2, 0.25) is 10.0 Å². The highest BCUT2D eigenvalue weighted by Gasteiger charge is 2.20. The maximum atomic E-state index is 12.6. The topological polar surface area (TPSA) is 84.9 Å². The number of hydrogen-bond donors (Lipinski definition) is 2. The first-order valence-electron chi connectivity index (χ1n) is 9.00. The third kappa shape index (κ3) is 4.84. The third-order valence-electron chi connectivity index (χ3n) is 4.43. The van der Waals surface area contributed by atoms with E-state index < -0.39 is 18.0 Å². The molecule has 6 nitrogen and oxygen atoms in total. The van der Waals surface area contributed by atoms with Crippen molar-refractivity contribution in [3.05, 3.63) is 69.7 Å². The second-order valence-corrected chi connectivity index (χ2v) is 7.40. The van der Waals surface area contributed by atoms with E-state index in [-0.39, 0.29) is 17.9 Å². The van der Waals surface area contributed by atoms with E-state index in [9.17, 15) is 9.59 Å². The quantitative estimate of drug-likeness (QED) is 0.528. The van der Waals surface area contributed by atoms with Crippen LogP contribution in [0.3, 0.4) is 0 Å². The predicted octanol–water partition coefficient (Wildman–Crippen LogP) is 4.83. The number of carbonyl (C=O) groups excluding carboxylic acids is 2. The van der Waals surface area contributed by atoms with Gasteiger partial charge in [-0.15, -0.1) is 0 Å². The molecule has 0 bridgehead atoms. The number of ether oxygens (including phenoxy) is 2. The van der Waals surface area contributed by atoms with Crippen LogP contribution in [-0.4, -0.2) is 30.2 Å². The summed E-state index contributed by atoms with van der Waals surface area (Å²) in [6.07, 6.45) is -0.898. The van der Waals surface area contributed by atoms with Gasteiger partial charge in [0, 0.05) is 16.1 Å². The van der Waals surface area contributed by atoms with Crippen molar-refractivity contribution in [2.45, 2.75) is 19.6 Å². The van der Waals surface area contributed by atoms with Crippen LogP contribution in [0, 0.1) is 0 Å². The zero-order valence-electron chi connectivity index (χ0n) is 16.2. The minimum atomic E-state index is -0.898. The van der Waals surface area contributed by atoms with E-state index in [0.717, 1.165) is 5.56 Å². The van der Waals surface area contributed by atoms with E-state index in [1.807, 2.05) is 0 Å². The summed E-state index contributed by atoms with van der Waals surface area (Å²) in [5, 5.41) is 13.7. The summed E-state index contributed by atoms with van der Waals surface area (Å²) in [5.41, 5.74) is 1.54. The molecule has 0 fully saturated rings. The van der Waals surface area contributed by atoms with Gasteiger partial charge in [-0.1, -0.05) is 35.3 Å². The van der Waals surface area contributed by atoms with Crippen molar-refractivity contribution < 1.29 is 24.2 Å². The highest BCUT2D eigenvalue weighted by Crippen LogP contribution is 2.36. The number of benzene rings is 3. The molecule has 8 heteroatoms. The second-order valence-electron chi connectivity index (χ2n) is 6.56. The summed E-state index contributed by atoms with van der Waals surface area (Å²) in [5.74, 6) is -0.694. The normalized spacial score (nSPS) is 11.8. The van der Waals surface area contributed by atoms with Crippen LogP contribution in [0.4, 0.5) is 5.69 Å². The maximum Gasteiger partial charge on any atom is 0.338 e. The Morgan fingerprint density at radius 3 is 2.43 bits per heavy atom.